The van der Waals surface area contributed by atoms with Crippen LogP contribution in [0.25, 0.3) is 0 Å². The Morgan fingerprint density at radius 2 is 1.92 bits per heavy atom. The van der Waals surface area contributed by atoms with Gasteiger partial charge in [-0.25, -0.2) is 10.1 Å². The van der Waals surface area contributed by atoms with E-state index in [0.29, 0.717) is 37.9 Å². The average molecular weight is 333 g/mol. The van der Waals surface area contributed by atoms with Crippen LogP contribution < -0.4 is 4.89 Å². The summed E-state index contributed by atoms with van der Waals surface area (Å²) in [6, 6.07) is 5.07. The van der Waals surface area contributed by atoms with Crippen LogP contribution in [0.1, 0.15) is 49.5 Å². The highest BCUT2D eigenvalue weighted by molar-refractivity contribution is 6.05. The number of carbonyl (C=O) groups excluding carboxylic acids is 2. The highest BCUT2D eigenvalue weighted by Crippen LogP contribution is 2.45. The van der Waals surface area contributed by atoms with Crippen LogP contribution >= 0.6 is 0 Å². The summed E-state index contributed by atoms with van der Waals surface area (Å²) >= 11 is 0. The maximum absolute atomic E-state index is 12.9. The highest BCUT2D eigenvalue weighted by atomic mass is 17.1. The molecule has 1 amide bonds. The standard InChI is InChI=1S/C18H23NO5/c1-17(2,3)23-16(21)19-8-6-18(7-9-19)11-12-4-5-13(24-22)10-14(12)15(18)20/h4-5,10,22H,6-9,11H2,1-3H3. The Kier molecular flexibility index (Phi) is 4.03. The van der Waals surface area contributed by atoms with Crippen molar-refractivity contribution in [2.75, 3.05) is 13.1 Å². The lowest BCUT2D eigenvalue weighted by Gasteiger charge is -2.38. The van der Waals surface area contributed by atoms with Gasteiger partial charge in [-0.2, -0.15) is 0 Å². The number of piperidine rings is 1. The fourth-order valence-electron chi connectivity index (χ4n) is 3.56. The minimum Gasteiger partial charge on any atom is -0.444 e. The van der Waals surface area contributed by atoms with E-state index in [1.165, 1.54) is 0 Å². The molecule has 6 nitrogen and oxygen atoms in total. The molecule has 0 bridgehead atoms. The molecule has 2 aliphatic rings. The quantitative estimate of drug-likeness (QED) is 0.630. The van der Waals surface area contributed by atoms with E-state index in [0.717, 1.165) is 5.56 Å². The first-order valence-electron chi connectivity index (χ1n) is 8.21. The van der Waals surface area contributed by atoms with Gasteiger partial charge in [-0.05, 0) is 57.7 Å². The van der Waals surface area contributed by atoms with E-state index in [9.17, 15) is 9.59 Å². The van der Waals surface area contributed by atoms with E-state index < -0.39 is 11.0 Å². The Morgan fingerprint density at radius 3 is 2.50 bits per heavy atom. The maximum Gasteiger partial charge on any atom is 0.410 e. The smallest absolute Gasteiger partial charge is 0.410 e. The summed E-state index contributed by atoms with van der Waals surface area (Å²) in [6.07, 6.45) is 1.59. The van der Waals surface area contributed by atoms with Crippen LogP contribution in [0.5, 0.6) is 5.75 Å². The van der Waals surface area contributed by atoms with Crippen LogP contribution in [0.3, 0.4) is 0 Å². The molecule has 1 spiro atoms. The molecular formula is C18H23NO5. The van der Waals surface area contributed by atoms with Gasteiger partial charge in [0.15, 0.2) is 11.5 Å². The normalized spacial score (nSPS) is 19.3. The number of Topliss-reactive ketones (excluding diaryl/α,β-unsaturated/α-hetero) is 1. The summed E-state index contributed by atoms with van der Waals surface area (Å²) in [6.45, 7) is 6.55. The number of benzene rings is 1. The number of hydrogen-bond acceptors (Lipinski definition) is 5. The number of fused-ring (bicyclic) bond motifs is 1. The van der Waals surface area contributed by atoms with Gasteiger partial charge in [-0.3, -0.25) is 4.79 Å². The van der Waals surface area contributed by atoms with E-state index in [1.54, 1.807) is 17.0 Å². The predicted octanol–water partition coefficient (Wildman–Crippen LogP) is 3.29. The first-order valence-corrected chi connectivity index (χ1v) is 8.21. The van der Waals surface area contributed by atoms with Crippen molar-refractivity contribution in [3.05, 3.63) is 29.3 Å². The average Bonchev–Trinajstić information content (AvgIpc) is 2.78. The fourth-order valence-corrected chi connectivity index (χ4v) is 3.56. The van der Waals surface area contributed by atoms with E-state index in [2.05, 4.69) is 4.89 Å². The summed E-state index contributed by atoms with van der Waals surface area (Å²) in [5.74, 6) is 0.352. The molecule has 1 saturated heterocycles. The van der Waals surface area contributed by atoms with Crippen molar-refractivity contribution >= 4 is 11.9 Å². The summed E-state index contributed by atoms with van der Waals surface area (Å²) < 4.78 is 5.40. The third-order valence-electron chi connectivity index (χ3n) is 4.81. The lowest BCUT2D eigenvalue weighted by Crippen LogP contribution is -2.47. The molecule has 1 fully saturated rings. The first kappa shape index (κ1) is 16.8. The van der Waals surface area contributed by atoms with Crippen molar-refractivity contribution in [3.8, 4) is 5.75 Å². The number of rotatable bonds is 1. The zero-order chi connectivity index (χ0) is 17.5. The van der Waals surface area contributed by atoms with E-state index >= 15 is 0 Å². The highest BCUT2D eigenvalue weighted by Gasteiger charge is 2.48. The van der Waals surface area contributed by atoms with Gasteiger partial charge in [0, 0.05) is 24.1 Å². The Labute approximate surface area is 141 Å². The minimum atomic E-state index is -0.522. The number of likely N-dealkylation sites (tertiary alicyclic amines) is 1. The zero-order valence-corrected chi connectivity index (χ0v) is 14.3. The Balaban J connectivity index is 1.70. The van der Waals surface area contributed by atoms with Gasteiger partial charge in [0.25, 0.3) is 0 Å². The topological polar surface area (TPSA) is 76.1 Å². The number of carbonyl (C=O) groups is 2. The summed E-state index contributed by atoms with van der Waals surface area (Å²) in [4.78, 5) is 31.0. The molecule has 1 N–H and O–H groups in total. The van der Waals surface area contributed by atoms with Crippen molar-refractivity contribution in [3.63, 3.8) is 0 Å². The van der Waals surface area contributed by atoms with Crippen LogP contribution in [-0.2, 0) is 11.2 Å². The fraction of sp³-hybridized carbons (Fsp3) is 0.556. The van der Waals surface area contributed by atoms with Crippen molar-refractivity contribution in [1.82, 2.24) is 4.90 Å². The third kappa shape index (κ3) is 2.98. The zero-order valence-electron chi connectivity index (χ0n) is 14.3. The molecule has 1 aromatic rings. The summed E-state index contributed by atoms with van der Waals surface area (Å²) in [7, 11) is 0. The molecule has 0 atom stereocenters. The van der Waals surface area contributed by atoms with Crippen LogP contribution in [-0.4, -0.2) is 40.7 Å². The second kappa shape index (κ2) is 5.77. The molecule has 1 aliphatic carbocycles. The van der Waals surface area contributed by atoms with Crippen LogP contribution in [0.2, 0.25) is 0 Å². The maximum atomic E-state index is 12.9. The molecule has 1 heterocycles. The van der Waals surface area contributed by atoms with E-state index in [1.807, 2.05) is 26.8 Å². The Morgan fingerprint density at radius 1 is 1.25 bits per heavy atom. The third-order valence-corrected chi connectivity index (χ3v) is 4.81. The summed E-state index contributed by atoms with van der Waals surface area (Å²) in [5, 5.41) is 8.78. The lowest BCUT2D eigenvalue weighted by molar-refractivity contribution is -0.137. The van der Waals surface area contributed by atoms with Crippen molar-refractivity contribution in [1.29, 1.82) is 0 Å². The van der Waals surface area contributed by atoms with E-state index in [-0.39, 0.29) is 17.6 Å². The monoisotopic (exact) mass is 333 g/mol. The number of nitrogens with zero attached hydrogens (tertiary/aromatic N) is 1. The Bertz CT molecular complexity index is 668. The molecule has 0 radical (unpaired) electrons. The second-order valence-electron chi connectivity index (χ2n) is 7.66. The first-order chi connectivity index (χ1) is 11.2. The molecule has 0 aromatic heterocycles. The van der Waals surface area contributed by atoms with Gasteiger partial charge >= 0.3 is 6.09 Å². The molecule has 0 unspecified atom stereocenters. The molecule has 3 rings (SSSR count). The van der Waals surface area contributed by atoms with Gasteiger partial charge in [-0.15, -0.1) is 0 Å². The van der Waals surface area contributed by atoms with Gasteiger partial charge in [0.2, 0.25) is 0 Å². The molecule has 6 heteroatoms. The van der Waals surface area contributed by atoms with E-state index in [4.69, 9.17) is 9.99 Å². The van der Waals surface area contributed by atoms with Gasteiger partial charge in [-0.1, -0.05) is 6.07 Å². The van der Waals surface area contributed by atoms with Gasteiger partial charge in [0.05, 0.1) is 0 Å². The molecule has 130 valence electrons. The van der Waals surface area contributed by atoms with Crippen LogP contribution in [0.4, 0.5) is 4.79 Å². The summed E-state index contributed by atoms with van der Waals surface area (Å²) in [5.41, 5.74) is 0.625. The number of hydrogen-bond donors (Lipinski definition) is 1. The molecule has 0 saturated carbocycles. The van der Waals surface area contributed by atoms with Crippen molar-refractivity contribution in [2.24, 2.45) is 5.41 Å². The number of ether oxygens (including phenoxy) is 1. The second-order valence-corrected chi connectivity index (χ2v) is 7.66. The Hall–Kier alpha value is -2.08. The molecular weight excluding hydrogens is 310 g/mol. The number of amides is 1. The molecule has 1 aliphatic heterocycles. The predicted molar refractivity (Wildman–Crippen MR) is 87.2 cm³/mol. The van der Waals surface area contributed by atoms with Crippen molar-refractivity contribution in [2.45, 2.75) is 45.6 Å². The van der Waals surface area contributed by atoms with Crippen molar-refractivity contribution < 1.29 is 24.5 Å². The molecule has 24 heavy (non-hydrogen) atoms. The minimum absolute atomic E-state index is 0.0836. The molecule has 1 aromatic carbocycles. The lowest BCUT2D eigenvalue weighted by atomic mass is 9.75. The van der Waals surface area contributed by atoms with Crippen LogP contribution in [0.15, 0.2) is 18.2 Å². The SMILES string of the molecule is CC(C)(C)OC(=O)N1CCC2(CC1)Cc1ccc(OO)cc1C2=O. The van der Waals surface area contributed by atoms with Gasteiger partial charge < -0.3 is 14.5 Å². The number of ketones is 1. The van der Waals surface area contributed by atoms with Gasteiger partial charge in [0.1, 0.15) is 5.60 Å². The largest absolute Gasteiger partial charge is 0.444 e. The van der Waals surface area contributed by atoms with Crippen LogP contribution in [0, 0.1) is 5.41 Å².